The summed E-state index contributed by atoms with van der Waals surface area (Å²) in [7, 11) is 0. The summed E-state index contributed by atoms with van der Waals surface area (Å²) in [6.07, 6.45) is 0.913. The fourth-order valence-corrected chi connectivity index (χ4v) is 8.62. The smallest absolute Gasteiger partial charge is 0.144 e. The maximum Gasteiger partial charge on any atom is 0.144 e. The van der Waals surface area contributed by atoms with Crippen LogP contribution < -0.4 is 4.90 Å². The summed E-state index contributed by atoms with van der Waals surface area (Å²) < 4.78 is 9.11. The maximum atomic E-state index is 6.54. The summed E-state index contributed by atoms with van der Waals surface area (Å²) in [6.45, 7) is 0. The number of anilines is 3. The van der Waals surface area contributed by atoms with E-state index in [1.54, 1.807) is 0 Å². The Hall–Kier alpha value is -5.64. The second-order valence-corrected chi connectivity index (χ2v) is 13.2. The Morgan fingerprint density at radius 2 is 1.15 bits per heavy atom. The van der Waals surface area contributed by atoms with Gasteiger partial charge in [-0.2, -0.15) is 0 Å². The number of fused-ring (bicyclic) bond motifs is 10. The lowest BCUT2D eigenvalue weighted by Crippen LogP contribution is -2.09. The van der Waals surface area contributed by atoms with Gasteiger partial charge in [0.2, 0.25) is 0 Å². The monoisotopic (exact) mass is 605 g/mol. The molecule has 10 rings (SSSR count). The molecule has 0 saturated heterocycles. The van der Waals surface area contributed by atoms with Gasteiger partial charge in [-0.15, -0.1) is 11.3 Å². The van der Waals surface area contributed by atoms with Crippen LogP contribution in [0.25, 0.3) is 64.4 Å². The first-order chi connectivity index (χ1) is 22.8. The molecule has 216 valence electrons. The Labute approximate surface area is 270 Å². The van der Waals surface area contributed by atoms with Crippen LogP contribution in [-0.2, 0) is 6.42 Å². The van der Waals surface area contributed by atoms with Gasteiger partial charge in [-0.05, 0) is 88.8 Å². The molecule has 2 nitrogen and oxygen atoms in total. The van der Waals surface area contributed by atoms with Crippen molar-refractivity contribution in [2.24, 2.45) is 0 Å². The molecule has 0 amide bonds. The topological polar surface area (TPSA) is 16.4 Å². The molecule has 0 atom stereocenters. The first kappa shape index (κ1) is 25.7. The van der Waals surface area contributed by atoms with Crippen molar-refractivity contribution >= 4 is 70.5 Å². The van der Waals surface area contributed by atoms with Crippen LogP contribution in [0.15, 0.2) is 156 Å². The van der Waals surface area contributed by atoms with Crippen LogP contribution in [0.2, 0.25) is 0 Å². The molecular weight excluding hydrogens is 579 g/mol. The van der Waals surface area contributed by atoms with E-state index in [1.807, 2.05) is 11.3 Å². The fraction of sp³-hybridized carbons (Fsp3) is 0.0233. The Morgan fingerprint density at radius 1 is 0.500 bits per heavy atom. The average Bonchev–Trinajstić information content (AvgIpc) is 3.79. The van der Waals surface area contributed by atoms with Crippen molar-refractivity contribution in [2.75, 3.05) is 4.90 Å². The summed E-state index contributed by atoms with van der Waals surface area (Å²) in [5, 5.41) is 4.82. The van der Waals surface area contributed by atoms with Crippen LogP contribution in [0.5, 0.6) is 0 Å². The van der Waals surface area contributed by atoms with Crippen LogP contribution in [0, 0.1) is 0 Å². The highest BCUT2D eigenvalue weighted by Gasteiger charge is 2.24. The summed E-state index contributed by atoms with van der Waals surface area (Å²) in [6, 6.07) is 54.8. The third kappa shape index (κ3) is 3.82. The van der Waals surface area contributed by atoms with Crippen LogP contribution in [0.1, 0.15) is 11.1 Å². The maximum absolute atomic E-state index is 6.54. The molecule has 0 radical (unpaired) electrons. The van der Waals surface area contributed by atoms with Crippen LogP contribution in [-0.4, -0.2) is 0 Å². The molecule has 0 aliphatic heterocycles. The van der Waals surface area contributed by atoms with E-state index < -0.39 is 0 Å². The average molecular weight is 606 g/mol. The zero-order chi connectivity index (χ0) is 30.2. The highest BCUT2D eigenvalue weighted by Crippen LogP contribution is 2.48. The van der Waals surface area contributed by atoms with Crippen molar-refractivity contribution in [3.63, 3.8) is 0 Å². The molecule has 1 aliphatic carbocycles. The molecule has 1 aliphatic rings. The molecule has 0 saturated carbocycles. The highest BCUT2D eigenvalue weighted by atomic mass is 32.1. The lowest BCUT2D eigenvalue weighted by Gasteiger charge is -2.26. The van der Waals surface area contributed by atoms with Gasteiger partial charge in [0.05, 0.1) is 0 Å². The Morgan fingerprint density at radius 3 is 1.93 bits per heavy atom. The molecule has 46 heavy (non-hydrogen) atoms. The van der Waals surface area contributed by atoms with Crippen LogP contribution in [0.4, 0.5) is 17.1 Å². The molecular formula is C43H27NOS. The van der Waals surface area contributed by atoms with E-state index >= 15 is 0 Å². The second kappa shape index (κ2) is 9.93. The minimum atomic E-state index is 0.913. The standard InChI is InChI=1S/C43H27NOS/c1-3-11-30(12-4-1)44(31-13-5-2-6-14-31)32-20-22-34-29(25-32)24-28-23-27(19-21-33(28)34)37-26-38-35-15-7-9-17-39(35)45-42(38)41-36-16-8-10-18-40(36)46-43(37)41/h1-23,25-26H,24H2. The van der Waals surface area contributed by atoms with E-state index in [0.29, 0.717) is 0 Å². The Bertz CT molecular complexity index is 2570. The van der Waals surface area contributed by atoms with E-state index in [-0.39, 0.29) is 0 Å². The SMILES string of the molecule is c1ccc(N(c2ccccc2)c2ccc3c(c2)Cc2cc(-c4cc5c6ccccc6oc5c5c4sc4ccccc45)ccc2-3)cc1. The molecule has 2 aromatic heterocycles. The fourth-order valence-electron chi connectivity index (χ4n) is 7.38. The number of thiophene rings is 1. The van der Waals surface area contributed by atoms with Crippen LogP contribution >= 0.6 is 11.3 Å². The van der Waals surface area contributed by atoms with E-state index in [1.165, 1.54) is 70.0 Å². The van der Waals surface area contributed by atoms with Gasteiger partial charge in [0.25, 0.3) is 0 Å². The van der Waals surface area contributed by atoms with Crippen molar-refractivity contribution in [1.82, 2.24) is 0 Å². The number of rotatable bonds is 4. The lowest BCUT2D eigenvalue weighted by atomic mass is 9.96. The number of furan rings is 1. The number of benzene rings is 7. The van der Waals surface area contributed by atoms with Gasteiger partial charge in [-0.3, -0.25) is 0 Å². The first-order valence-corrected chi connectivity index (χ1v) is 16.5. The number of hydrogen-bond acceptors (Lipinski definition) is 3. The largest absolute Gasteiger partial charge is 0.455 e. The van der Waals surface area contributed by atoms with Crippen molar-refractivity contribution in [3.05, 3.63) is 163 Å². The minimum Gasteiger partial charge on any atom is -0.455 e. The van der Waals surface area contributed by atoms with Crippen molar-refractivity contribution in [3.8, 4) is 22.3 Å². The zero-order valence-electron chi connectivity index (χ0n) is 24.9. The Kier molecular flexibility index (Phi) is 5.54. The van der Waals surface area contributed by atoms with Gasteiger partial charge in [0.1, 0.15) is 11.2 Å². The van der Waals surface area contributed by atoms with Crippen molar-refractivity contribution in [1.29, 1.82) is 0 Å². The first-order valence-electron chi connectivity index (χ1n) is 15.7. The van der Waals surface area contributed by atoms with Gasteiger partial charge in [0.15, 0.2) is 0 Å². The molecule has 0 spiro atoms. The molecule has 3 heteroatoms. The van der Waals surface area contributed by atoms with Gasteiger partial charge in [0, 0.05) is 53.6 Å². The van der Waals surface area contributed by atoms with Gasteiger partial charge in [-0.25, -0.2) is 0 Å². The number of para-hydroxylation sites is 3. The van der Waals surface area contributed by atoms with Gasteiger partial charge in [-0.1, -0.05) is 97.1 Å². The van der Waals surface area contributed by atoms with Crippen molar-refractivity contribution in [2.45, 2.75) is 6.42 Å². The predicted molar refractivity (Wildman–Crippen MR) is 195 cm³/mol. The molecule has 0 N–H and O–H groups in total. The summed E-state index contributed by atoms with van der Waals surface area (Å²) in [4.78, 5) is 2.34. The van der Waals surface area contributed by atoms with Crippen LogP contribution in [0.3, 0.4) is 0 Å². The highest BCUT2D eigenvalue weighted by molar-refractivity contribution is 7.26. The normalized spacial score (nSPS) is 12.3. The summed E-state index contributed by atoms with van der Waals surface area (Å²) in [5.74, 6) is 0. The third-order valence-electron chi connectivity index (χ3n) is 9.45. The number of nitrogens with zero attached hydrogens (tertiary/aromatic N) is 1. The summed E-state index contributed by atoms with van der Waals surface area (Å²) >= 11 is 1.86. The molecule has 2 heterocycles. The quantitative estimate of drug-likeness (QED) is 0.198. The Balaban J connectivity index is 1.11. The number of hydrogen-bond donors (Lipinski definition) is 0. The minimum absolute atomic E-state index is 0.913. The third-order valence-corrected chi connectivity index (χ3v) is 10.7. The van der Waals surface area contributed by atoms with E-state index in [0.717, 1.165) is 29.0 Å². The van der Waals surface area contributed by atoms with E-state index in [2.05, 4.69) is 157 Å². The molecule has 9 aromatic rings. The molecule has 0 bridgehead atoms. The molecule has 7 aromatic carbocycles. The predicted octanol–water partition coefficient (Wildman–Crippen LogP) is 12.7. The molecule has 0 unspecified atom stereocenters. The van der Waals surface area contributed by atoms with E-state index in [4.69, 9.17) is 4.42 Å². The second-order valence-electron chi connectivity index (χ2n) is 12.1. The zero-order valence-corrected chi connectivity index (χ0v) is 25.7. The van der Waals surface area contributed by atoms with Gasteiger partial charge < -0.3 is 9.32 Å². The lowest BCUT2D eigenvalue weighted by molar-refractivity contribution is 0.673. The molecule has 0 fully saturated rings. The summed E-state index contributed by atoms with van der Waals surface area (Å²) in [5.41, 5.74) is 13.3. The van der Waals surface area contributed by atoms with Crippen molar-refractivity contribution < 1.29 is 4.42 Å². The van der Waals surface area contributed by atoms with Gasteiger partial charge >= 0.3 is 0 Å². The van der Waals surface area contributed by atoms with E-state index in [9.17, 15) is 0 Å².